The van der Waals surface area contributed by atoms with Gasteiger partial charge >= 0.3 is 0 Å². The van der Waals surface area contributed by atoms with Crippen molar-refractivity contribution in [1.29, 1.82) is 0 Å². The standard InChI is InChI=1S/C20H24N2O4S/c1-15-7-8-17(26-15)19(23)22-13-11-20(12-14-22)10-9-18(20)21-27(24,25)16-5-3-2-4-6-16/h2-8,18,21H,9-14H2,1H3/t18-/m0/s1. The molecule has 1 amide bonds. The van der Waals surface area contributed by atoms with Crippen LogP contribution in [0.5, 0.6) is 0 Å². The number of furan rings is 1. The highest BCUT2D eigenvalue weighted by Gasteiger charge is 2.50. The molecule has 1 saturated heterocycles. The van der Waals surface area contributed by atoms with Crippen LogP contribution in [0.15, 0.2) is 51.8 Å². The summed E-state index contributed by atoms with van der Waals surface area (Å²) in [6.45, 7) is 3.07. The van der Waals surface area contributed by atoms with Gasteiger partial charge in [-0.1, -0.05) is 18.2 Å². The normalized spacial score (nSPS) is 21.8. The molecule has 0 radical (unpaired) electrons. The van der Waals surface area contributed by atoms with E-state index in [0.717, 1.165) is 31.4 Å². The van der Waals surface area contributed by atoms with Crippen molar-refractivity contribution < 1.29 is 17.6 Å². The largest absolute Gasteiger partial charge is 0.456 e. The van der Waals surface area contributed by atoms with Crippen molar-refractivity contribution in [3.63, 3.8) is 0 Å². The van der Waals surface area contributed by atoms with E-state index in [1.165, 1.54) is 0 Å². The van der Waals surface area contributed by atoms with Gasteiger partial charge in [-0.2, -0.15) is 0 Å². The lowest BCUT2D eigenvalue weighted by Crippen LogP contribution is -2.59. The quantitative estimate of drug-likeness (QED) is 0.873. The van der Waals surface area contributed by atoms with Crippen LogP contribution in [0.4, 0.5) is 0 Å². The second kappa shape index (κ2) is 6.80. The molecule has 1 saturated carbocycles. The van der Waals surface area contributed by atoms with Gasteiger partial charge in [-0.15, -0.1) is 0 Å². The molecule has 1 aliphatic heterocycles. The van der Waals surface area contributed by atoms with Crippen LogP contribution in [0.2, 0.25) is 0 Å². The van der Waals surface area contributed by atoms with Gasteiger partial charge in [0.25, 0.3) is 5.91 Å². The average molecular weight is 388 g/mol. The van der Waals surface area contributed by atoms with E-state index in [1.807, 2.05) is 11.8 Å². The van der Waals surface area contributed by atoms with Gasteiger partial charge in [0.2, 0.25) is 10.0 Å². The first kappa shape index (κ1) is 18.3. The summed E-state index contributed by atoms with van der Waals surface area (Å²) in [5.41, 5.74) is -0.0439. The summed E-state index contributed by atoms with van der Waals surface area (Å²) < 4.78 is 33.6. The predicted octanol–water partition coefficient (Wildman–Crippen LogP) is 2.95. The maximum atomic E-state index is 12.6. The van der Waals surface area contributed by atoms with Crippen molar-refractivity contribution in [3.05, 3.63) is 54.0 Å². The number of piperidine rings is 1. The number of sulfonamides is 1. The molecule has 27 heavy (non-hydrogen) atoms. The van der Waals surface area contributed by atoms with Crippen molar-refractivity contribution in [2.45, 2.75) is 43.5 Å². The van der Waals surface area contributed by atoms with E-state index < -0.39 is 10.0 Å². The molecule has 2 fully saturated rings. The van der Waals surface area contributed by atoms with Gasteiger partial charge in [0.15, 0.2) is 5.76 Å². The molecule has 1 atom stereocenters. The highest BCUT2D eigenvalue weighted by molar-refractivity contribution is 7.89. The third-order valence-electron chi connectivity index (χ3n) is 6.02. The molecule has 2 aromatic rings. The summed E-state index contributed by atoms with van der Waals surface area (Å²) in [5.74, 6) is 1.01. The summed E-state index contributed by atoms with van der Waals surface area (Å²) in [4.78, 5) is 14.7. The number of carbonyl (C=O) groups is 1. The molecule has 0 bridgehead atoms. The first-order chi connectivity index (χ1) is 12.9. The highest BCUT2D eigenvalue weighted by atomic mass is 32.2. The van der Waals surface area contributed by atoms with Crippen LogP contribution in [0, 0.1) is 12.3 Å². The number of nitrogens with one attached hydrogen (secondary N) is 1. The lowest BCUT2D eigenvalue weighted by molar-refractivity contribution is 0.00400. The number of nitrogens with zero attached hydrogens (tertiary/aromatic N) is 1. The van der Waals surface area contributed by atoms with E-state index in [1.54, 1.807) is 42.5 Å². The molecule has 7 heteroatoms. The third kappa shape index (κ3) is 3.41. The minimum Gasteiger partial charge on any atom is -0.456 e. The van der Waals surface area contributed by atoms with Crippen molar-refractivity contribution >= 4 is 15.9 Å². The zero-order chi connectivity index (χ0) is 19.1. The number of hydrogen-bond acceptors (Lipinski definition) is 4. The van der Waals surface area contributed by atoms with Crippen molar-refractivity contribution in [2.75, 3.05) is 13.1 Å². The fraction of sp³-hybridized carbons (Fsp3) is 0.450. The molecule has 6 nitrogen and oxygen atoms in total. The smallest absolute Gasteiger partial charge is 0.289 e. The van der Waals surface area contributed by atoms with Gasteiger partial charge in [-0.25, -0.2) is 13.1 Å². The Balaban J connectivity index is 1.40. The Morgan fingerprint density at radius 3 is 2.37 bits per heavy atom. The molecule has 2 aliphatic rings. The Morgan fingerprint density at radius 1 is 1.11 bits per heavy atom. The van der Waals surface area contributed by atoms with Gasteiger partial charge in [-0.3, -0.25) is 4.79 Å². The fourth-order valence-corrected chi connectivity index (χ4v) is 5.59. The minimum atomic E-state index is -3.51. The number of benzene rings is 1. The number of rotatable bonds is 4. The van der Waals surface area contributed by atoms with Gasteiger partial charge in [0.05, 0.1) is 4.90 Å². The summed E-state index contributed by atoms with van der Waals surface area (Å²) in [6, 6.07) is 11.9. The Bertz CT molecular complexity index is 928. The lowest BCUT2D eigenvalue weighted by atomic mass is 9.59. The molecule has 1 N–H and O–H groups in total. The predicted molar refractivity (Wildman–Crippen MR) is 101 cm³/mol. The SMILES string of the molecule is Cc1ccc(C(=O)N2CCC3(CC[C@@H]3NS(=O)(=O)c3ccccc3)CC2)o1. The zero-order valence-corrected chi connectivity index (χ0v) is 16.2. The first-order valence-corrected chi connectivity index (χ1v) is 10.8. The second-order valence-corrected chi connectivity index (χ2v) is 9.30. The van der Waals surface area contributed by atoms with E-state index in [2.05, 4.69) is 4.72 Å². The van der Waals surface area contributed by atoms with E-state index in [9.17, 15) is 13.2 Å². The van der Waals surface area contributed by atoms with Crippen LogP contribution < -0.4 is 4.72 Å². The summed E-state index contributed by atoms with van der Waals surface area (Å²) in [6.07, 6.45) is 3.45. The van der Waals surface area contributed by atoms with Gasteiger partial charge < -0.3 is 9.32 Å². The summed E-state index contributed by atoms with van der Waals surface area (Å²) in [5, 5.41) is 0. The summed E-state index contributed by atoms with van der Waals surface area (Å²) >= 11 is 0. The molecule has 1 aliphatic carbocycles. The Hall–Kier alpha value is -2.12. The Labute approximate surface area is 159 Å². The van der Waals surface area contributed by atoms with Crippen molar-refractivity contribution in [1.82, 2.24) is 9.62 Å². The molecule has 1 aromatic carbocycles. The number of aryl methyl sites for hydroxylation is 1. The van der Waals surface area contributed by atoms with Gasteiger partial charge in [0.1, 0.15) is 5.76 Å². The van der Waals surface area contributed by atoms with E-state index in [-0.39, 0.29) is 17.4 Å². The monoisotopic (exact) mass is 388 g/mol. The van der Waals surface area contributed by atoms with Crippen LogP contribution >= 0.6 is 0 Å². The van der Waals surface area contributed by atoms with Crippen LogP contribution in [-0.4, -0.2) is 38.4 Å². The molecule has 0 unspecified atom stereocenters. The lowest BCUT2D eigenvalue weighted by Gasteiger charge is -2.53. The highest BCUT2D eigenvalue weighted by Crippen LogP contribution is 2.49. The Kier molecular flexibility index (Phi) is 4.60. The molecular weight excluding hydrogens is 364 g/mol. The number of amides is 1. The molecular formula is C20H24N2O4S. The molecule has 1 aromatic heterocycles. The van der Waals surface area contributed by atoms with Gasteiger partial charge in [-0.05, 0) is 62.3 Å². The van der Waals surface area contributed by atoms with Gasteiger partial charge in [0, 0.05) is 19.1 Å². The van der Waals surface area contributed by atoms with E-state index in [0.29, 0.717) is 23.7 Å². The number of likely N-dealkylation sites (tertiary alicyclic amines) is 1. The van der Waals surface area contributed by atoms with Crippen LogP contribution in [-0.2, 0) is 10.0 Å². The third-order valence-corrected chi connectivity index (χ3v) is 7.51. The summed E-state index contributed by atoms with van der Waals surface area (Å²) in [7, 11) is -3.51. The Morgan fingerprint density at radius 2 is 1.81 bits per heavy atom. The molecule has 144 valence electrons. The molecule has 4 rings (SSSR count). The number of hydrogen-bond donors (Lipinski definition) is 1. The fourth-order valence-electron chi connectivity index (χ4n) is 4.19. The van der Waals surface area contributed by atoms with Crippen molar-refractivity contribution in [3.8, 4) is 0 Å². The first-order valence-electron chi connectivity index (χ1n) is 9.33. The van der Waals surface area contributed by atoms with Crippen molar-refractivity contribution in [2.24, 2.45) is 5.41 Å². The van der Waals surface area contributed by atoms with Crippen LogP contribution in [0.25, 0.3) is 0 Å². The maximum Gasteiger partial charge on any atom is 0.289 e. The average Bonchev–Trinajstić information content (AvgIpc) is 3.12. The maximum absolute atomic E-state index is 12.6. The second-order valence-electron chi connectivity index (χ2n) is 7.59. The van der Waals surface area contributed by atoms with E-state index >= 15 is 0 Å². The minimum absolute atomic E-state index is 0.0439. The number of carbonyl (C=O) groups excluding carboxylic acids is 1. The van der Waals surface area contributed by atoms with Crippen LogP contribution in [0.3, 0.4) is 0 Å². The topological polar surface area (TPSA) is 79.6 Å². The van der Waals surface area contributed by atoms with E-state index in [4.69, 9.17) is 4.42 Å². The van der Waals surface area contributed by atoms with Crippen LogP contribution in [0.1, 0.15) is 42.0 Å². The molecule has 1 spiro atoms. The zero-order valence-electron chi connectivity index (χ0n) is 15.3. The molecule has 2 heterocycles.